The van der Waals surface area contributed by atoms with E-state index >= 15 is 0 Å². The molecule has 0 aromatic heterocycles. The number of ether oxygens (including phenoxy) is 1. The zero-order chi connectivity index (χ0) is 9.35. The number of hydrogen-bond acceptors (Lipinski definition) is 1. The van der Waals surface area contributed by atoms with Gasteiger partial charge in [0, 0.05) is 7.11 Å². The molecule has 1 aliphatic rings. The molecule has 1 saturated carbocycles. The van der Waals surface area contributed by atoms with Crippen LogP contribution in [0, 0.1) is 17.3 Å². The molecule has 1 nitrogen and oxygen atoms in total. The van der Waals surface area contributed by atoms with Gasteiger partial charge in [-0.2, -0.15) is 0 Å². The van der Waals surface area contributed by atoms with E-state index in [1.165, 1.54) is 12.8 Å². The van der Waals surface area contributed by atoms with Gasteiger partial charge in [-0.15, -0.1) is 0 Å². The van der Waals surface area contributed by atoms with Crippen molar-refractivity contribution in [3.8, 4) is 0 Å². The summed E-state index contributed by atoms with van der Waals surface area (Å²) >= 11 is 0. The SMILES string of the molecule is COC1CC(C(C)C)(C(C)C)C1. The van der Waals surface area contributed by atoms with Crippen LogP contribution in [-0.2, 0) is 4.74 Å². The van der Waals surface area contributed by atoms with Gasteiger partial charge in [0.1, 0.15) is 0 Å². The van der Waals surface area contributed by atoms with Gasteiger partial charge in [0.2, 0.25) is 0 Å². The van der Waals surface area contributed by atoms with Gasteiger partial charge >= 0.3 is 0 Å². The molecule has 12 heavy (non-hydrogen) atoms. The van der Waals surface area contributed by atoms with E-state index in [2.05, 4.69) is 27.7 Å². The summed E-state index contributed by atoms with van der Waals surface area (Å²) in [6.45, 7) is 9.36. The maximum Gasteiger partial charge on any atom is 0.0582 e. The minimum absolute atomic E-state index is 0.537. The Hall–Kier alpha value is -0.0400. The second-order valence-electron chi connectivity index (χ2n) is 4.81. The normalized spacial score (nSPS) is 23.2. The maximum atomic E-state index is 5.34. The van der Waals surface area contributed by atoms with Gasteiger partial charge in [0.05, 0.1) is 6.10 Å². The third-order valence-corrected chi connectivity index (χ3v) is 3.85. The molecule has 0 N–H and O–H groups in total. The summed E-state index contributed by atoms with van der Waals surface area (Å²) in [7, 11) is 1.83. The fourth-order valence-corrected chi connectivity index (χ4v) is 2.56. The van der Waals surface area contributed by atoms with E-state index in [1.54, 1.807) is 0 Å². The Morgan fingerprint density at radius 3 is 1.75 bits per heavy atom. The van der Waals surface area contributed by atoms with Crippen LogP contribution in [0.25, 0.3) is 0 Å². The van der Waals surface area contributed by atoms with Crippen LogP contribution < -0.4 is 0 Å². The van der Waals surface area contributed by atoms with Crippen LogP contribution in [0.3, 0.4) is 0 Å². The molecule has 0 atom stereocenters. The van der Waals surface area contributed by atoms with Gasteiger partial charge in [-0.3, -0.25) is 0 Å². The van der Waals surface area contributed by atoms with Crippen molar-refractivity contribution in [2.24, 2.45) is 17.3 Å². The highest BCUT2D eigenvalue weighted by Crippen LogP contribution is 2.53. The summed E-state index contributed by atoms with van der Waals surface area (Å²) < 4.78 is 5.34. The number of rotatable bonds is 3. The molecule has 0 amide bonds. The lowest BCUT2D eigenvalue weighted by Gasteiger charge is -2.53. The summed E-state index contributed by atoms with van der Waals surface area (Å²) in [5.41, 5.74) is 0.570. The standard InChI is InChI=1S/C11H22O/c1-8(2)11(9(3)4)6-10(7-11)12-5/h8-10H,6-7H2,1-5H3. The molecule has 0 spiro atoms. The van der Waals surface area contributed by atoms with Gasteiger partial charge in [-0.1, -0.05) is 27.7 Å². The van der Waals surface area contributed by atoms with E-state index in [4.69, 9.17) is 4.74 Å². The second kappa shape index (κ2) is 3.37. The van der Waals surface area contributed by atoms with Crippen molar-refractivity contribution in [3.63, 3.8) is 0 Å². The Labute approximate surface area is 76.5 Å². The molecule has 0 radical (unpaired) electrons. The molecule has 0 aliphatic heterocycles. The van der Waals surface area contributed by atoms with E-state index in [9.17, 15) is 0 Å². The molecule has 0 saturated heterocycles. The lowest BCUT2D eigenvalue weighted by molar-refractivity contribution is -0.109. The van der Waals surface area contributed by atoms with Gasteiger partial charge in [0.15, 0.2) is 0 Å². The fraction of sp³-hybridized carbons (Fsp3) is 1.00. The highest BCUT2D eigenvalue weighted by molar-refractivity contribution is 4.98. The first-order valence-electron chi connectivity index (χ1n) is 5.05. The van der Waals surface area contributed by atoms with Crippen LogP contribution >= 0.6 is 0 Å². The largest absolute Gasteiger partial charge is 0.381 e. The van der Waals surface area contributed by atoms with E-state index in [-0.39, 0.29) is 0 Å². The quantitative estimate of drug-likeness (QED) is 0.632. The Bertz CT molecular complexity index is 133. The van der Waals surface area contributed by atoms with Crippen LogP contribution in [0.4, 0.5) is 0 Å². The maximum absolute atomic E-state index is 5.34. The van der Waals surface area contributed by atoms with E-state index < -0.39 is 0 Å². The number of methoxy groups -OCH3 is 1. The van der Waals surface area contributed by atoms with Crippen LogP contribution in [-0.4, -0.2) is 13.2 Å². The van der Waals surface area contributed by atoms with Crippen molar-refractivity contribution in [1.82, 2.24) is 0 Å². The zero-order valence-corrected chi connectivity index (χ0v) is 9.05. The lowest BCUT2D eigenvalue weighted by atomic mass is 9.55. The topological polar surface area (TPSA) is 9.23 Å². The Kier molecular flexibility index (Phi) is 2.82. The van der Waals surface area contributed by atoms with E-state index in [1.807, 2.05) is 7.11 Å². The molecular weight excluding hydrogens is 148 g/mol. The highest BCUT2D eigenvalue weighted by Gasteiger charge is 2.48. The second-order valence-corrected chi connectivity index (χ2v) is 4.81. The minimum Gasteiger partial charge on any atom is -0.381 e. The summed E-state index contributed by atoms with van der Waals surface area (Å²) in [4.78, 5) is 0. The molecule has 1 fully saturated rings. The highest BCUT2D eigenvalue weighted by atomic mass is 16.5. The predicted octanol–water partition coefficient (Wildman–Crippen LogP) is 3.09. The third kappa shape index (κ3) is 1.39. The molecular formula is C11H22O. The average molecular weight is 170 g/mol. The predicted molar refractivity (Wildman–Crippen MR) is 52.1 cm³/mol. The molecule has 1 rings (SSSR count). The summed E-state index contributed by atoms with van der Waals surface area (Å²) in [5.74, 6) is 1.59. The van der Waals surface area contributed by atoms with E-state index in [0.29, 0.717) is 11.5 Å². The van der Waals surface area contributed by atoms with Gasteiger partial charge in [0.25, 0.3) is 0 Å². The molecule has 1 heteroatoms. The van der Waals surface area contributed by atoms with Gasteiger partial charge in [-0.25, -0.2) is 0 Å². The smallest absolute Gasteiger partial charge is 0.0582 e. The number of hydrogen-bond donors (Lipinski definition) is 0. The lowest BCUT2D eigenvalue weighted by Crippen LogP contribution is -2.49. The van der Waals surface area contributed by atoms with Crippen LogP contribution in [0.15, 0.2) is 0 Å². The minimum atomic E-state index is 0.537. The van der Waals surface area contributed by atoms with Crippen molar-refractivity contribution in [2.45, 2.75) is 46.6 Å². The van der Waals surface area contributed by atoms with Crippen molar-refractivity contribution >= 4 is 0 Å². The van der Waals surface area contributed by atoms with Crippen molar-refractivity contribution < 1.29 is 4.74 Å². The summed E-state index contributed by atoms with van der Waals surface area (Å²) in [6.07, 6.45) is 3.06. The first-order valence-corrected chi connectivity index (χ1v) is 5.05. The van der Waals surface area contributed by atoms with Gasteiger partial charge < -0.3 is 4.74 Å². The van der Waals surface area contributed by atoms with Crippen LogP contribution in [0.2, 0.25) is 0 Å². The average Bonchev–Trinajstić information content (AvgIpc) is 1.83. The van der Waals surface area contributed by atoms with Crippen molar-refractivity contribution in [2.75, 3.05) is 7.11 Å². The fourth-order valence-electron chi connectivity index (χ4n) is 2.56. The van der Waals surface area contributed by atoms with Crippen LogP contribution in [0.5, 0.6) is 0 Å². The molecule has 0 aromatic rings. The van der Waals surface area contributed by atoms with Crippen LogP contribution in [0.1, 0.15) is 40.5 Å². The van der Waals surface area contributed by atoms with Gasteiger partial charge in [-0.05, 0) is 30.1 Å². The van der Waals surface area contributed by atoms with Crippen molar-refractivity contribution in [1.29, 1.82) is 0 Å². The summed E-state index contributed by atoms with van der Waals surface area (Å²) in [6, 6.07) is 0. The Balaban J connectivity index is 2.56. The molecule has 0 aromatic carbocycles. The Morgan fingerprint density at radius 1 is 1.08 bits per heavy atom. The molecule has 72 valence electrons. The molecule has 0 unspecified atom stereocenters. The molecule has 1 aliphatic carbocycles. The van der Waals surface area contributed by atoms with Crippen molar-refractivity contribution in [3.05, 3.63) is 0 Å². The zero-order valence-electron chi connectivity index (χ0n) is 9.05. The summed E-state index contributed by atoms with van der Waals surface area (Å²) in [5, 5.41) is 0. The first-order chi connectivity index (χ1) is 5.53. The van der Waals surface area contributed by atoms with E-state index in [0.717, 1.165) is 11.8 Å². The Morgan fingerprint density at radius 2 is 1.50 bits per heavy atom. The first kappa shape index (κ1) is 10.0. The molecule has 0 heterocycles. The monoisotopic (exact) mass is 170 g/mol. The third-order valence-electron chi connectivity index (χ3n) is 3.85. The molecule has 0 bridgehead atoms.